The molecule has 28 heavy (non-hydrogen) atoms. The van der Waals surface area contributed by atoms with E-state index in [4.69, 9.17) is 4.98 Å². The van der Waals surface area contributed by atoms with Crippen molar-refractivity contribution >= 4 is 11.3 Å². The molecule has 0 radical (unpaired) electrons. The van der Waals surface area contributed by atoms with Crippen LogP contribution in [0.5, 0.6) is 0 Å². The summed E-state index contributed by atoms with van der Waals surface area (Å²) in [6.07, 6.45) is 5.94. The molecule has 6 heteroatoms. The summed E-state index contributed by atoms with van der Waals surface area (Å²) in [4.78, 5) is 8.48. The van der Waals surface area contributed by atoms with Gasteiger partial charge in [-0.05, 0) is 38.0 Å². The number of thiophene rings is 1. The second kappa shape index (κ2) is 7.73. The molecular formula is C22H25N5S. The van der Waals surface area contributed by atoms with Gasteiger partial charge in [0.1, 0.15) is 0 Å². The first kappa shape index (κ1) is 18.7. The van der Waals surface area contributed by atoms with Crippen LogP contribution < -0.4 is 0 Å². The Labute approximate surface area is 169 Å². The van der Waals surface area contributed by atoms with Gasteiger partial charge in [0.25, 0.3) is 0 Å². The Morgan fingerprint density at radius 3 is 2.50 bits per heavy atom. The molecule has 0 saturated carbocycles. The Balaban J connectivity index is 1.81. The summed E-state index contributed by atoms with van der Waals surface area (Å²) in [6.45, 7) is 3.02. The Kier molecular flexibility index (Phi) is 5.15. The van der Waals surface area contributed by atoms with Crippen molar-refractivity contribution in [2.75, 3.05) is 14.1 Å². The van der Waals surface area contributed by atoms with E-state index in [1.165, 1.54) is 10.4 Å². The van der Waals surface area contributed by atoms with Crippen LogP contribution in [-0.2, 0) is 13.6 Å². The van der Waals surface area contributed by atoms with Crippen LogP contribution in [0.3, 0.4) is 0 Å². The zero-order chi connectivity index (χ0) is 19.7. The molecule has 0 unspecified atom stereocenters. The molecule has 0 fully saturated rings. The molecule has 0 bridgehead atoms. The van der Waals surface area contributed by atoms with E-state index >= 15 is 0 Å². The number of hydrogen-bond acceptors (Lipinski definition) is 4. The molecule has 0 aliphatic heterocycles. The lowest BCUT2D eigenvalue weighted by Gasteiger charge is -2.25. The van der Waals surface area contributed by atoms with Crippen molar-refractivity contribution in [1.82, 2.24) is 24.2 Å². The topological polar surface area (TPSA) is 38.9 Å². The van der Waals surface area contributed by atoms with Crippen LogP contribution in [0.1, 0.15) is 16.5 Å². The van der Waals surface area contributed by atoms with Crippen molar-refractivity contribution in [2.24, 2.45) is 7.05 Å². The summed E-state index contributed by atoms with van der Waals surface area (Å²) >= 11 is 1.82. The Hall–Kier alpha value is -2.70. The van der Waals surface area contributed by atoms with Crippen LogP contribution in [0, 0.1) is 6.92 Å². The summed E-state index contributed by atoms with van der Waals surface area (Å²) in [7, 11) is 6.23. The molecule has 0 aliphatic carbocycles. The number of benzene rings is 1. The number of aryl methyl sites for hydroxylation is 2. The smallest absolute Gasteiger partial charge is 0.0964 e. The first-order valence-corrected chi connectivity index (χ1v) is 10.2. The second-order valence-electron chi connectivity index (χ2n) is 7.31. The summed E-state index contributed by atoms with van der Waals surface area (Å²) < 4.78 is 4.11. The monoisotopic (exact) mass is 391 g/mol. The van der Waals surface area contributed by atoms with Gasteiger partial charge in [-0.2, -0.15) is 5.10 Å². The Morgan fingerprint density at radius 1 is 1.11 bits per heavy atom. The first-order valence-electron chi connectivity index (χ1n) is 9.34. The fraction of sp³-hybridized carbons (Fsp3) is 0.273. The maximum absolute atomic E-state index is 4.80. The fourth-order valence-corrected chi connectivity index (χ4v) is 4.68. The van der Waals surface area contributed by atoms with E-state index in [1.54, 1.807) is 0 Å². The van der Waals surface area contributed by atoms with Gasteiger partial charge in [-0.3, -0.25) is 4.68 Å². The largest absolute Gasteiger partial charge is 0.328 e. The van der Waals surface area contributed by atoms with Gasteiger partial charge < -0.3 is 9.47 Å². The van der Waals surface area contributed by atoms with Crippen molar-refractivity contribution in [2.45, 2.75) is 19.5 Å². The molecule has 4 aromatic rings. The molecular weight excluding hydrogens is 366 g/mol. The van der Waals surface area contributed by atoms with Crippen LogP contribution in [0.25, 0.3) is 22.5 Å². The number of nitrogens with zero attached hydrogens (tertiary/aromatic N) is 5. The van der Waals surface area contributed by atoms with Crippen LogP contribution in [0.15, 0.2) is 60.5 Å². The standard InChI is InChI=1S/C22H25N5S/c1-16-10-11-28-22(16)19(25(2)3)14-27-15-23-20(17-8-6-5-7-9-17)21(27)18-12-24-26(4)13-18/h5-13,15,19H,14H2,1-4H3/t19-/m1/s1. The summed E-state index contributed by atoms with van der Waals surface area (Å²) in [5.74, 6) is 0. The predicted octanol–water partition coefficient (Wildman–Crippen LogP) is 4.62. The summed E-state index contributed by atoms with van der Waals surface area (Å²) in [5.41, 5.74) is 5.65. The minimum absolute atomic E-state index is 0.285. The number of aromatic nitrogens is 4. The Bertz CT molecular complexity index is 1060. The van der Waals surface area contributed by atoms with Gasteiger partial charge in [-0.15, -0.1) is 11.3 Å². The third kappa shape index (κ3) is 3.53. The lowest BCUT2D eigenvalue weighted by atomic mass is 10.1. The average Bonchev–Trinajstić information content (AvgIpc) is 3.40. The van der Waals surface area contributed by atoms with E-state index in [1.807, 2.05) is 41.7 Å². The number of rotatable bonds is 6. The van der Waals surface area contributed by atoms with Crippen molar-refractivity contribution in [3.63, 3.8) is 0 Å². The maximum Gasteiger partial charge on any atom is 0.0964 e. The molecule has 0 aliphatic rings. The van der Waals surface area contributed by atoms with Gasteiger partial charge in [0.15, 0.2) is 0 Å². The summed E-state index contributed by atoms with van der Waals surface area (Å²) in [5, 5.41) is 6.57. The van der Waals surface area contributed by atoms with Crippen molar-refractivity contribution in [3.05, 3.63) is 70.9 Å². The minimum Gasteiger partial charge on any atom is -0.328 e. The van der Waals surface area contributed by atoms with Crippen molar-refractivity contribution < 1.29 is 0 Å². The van der Waals surface area contributed by atoms with E-state index in [2.05, 4.69) is 77.5 Å². The molecule has 0 spiro atoms. The van der Waals surface area contributed by atoms with E-state index in [-0.39, 0.29) is 6.04 Å². The van der Waals surface area contributed by atoms with Gasteiger partial charge in [-0.25, -0.2) is 4.98 Å². The molecule has 1 aromatic carbocycles. The van der Waals surface area contributed by atoms with Crippen LogP contribution in [0.4, 0.5) is 0 Å². The number of imidazole rings is 1. The molecule has 0 amide bonds. The molecule has 1 atom stereocenters. The fourth-order valence-electron chi connectivity index (χ4n) is 3.57. The molecule has 5 nitrogen and oxygen atoms in total. The maximum atomic E-state index is 4.80. The van der Waals surface area contributed by atoms with Crippen molar-refractivity contribution in [3.8, 4) is 22.5 Å². The zero-order valence-corrected chi connectivity index (χ0v) is 17.5. The predicted molar refractivity (Wildman–Crippen MR) is 115 cm³/mol. The van der Waals surface area contributed by atoms with Gasteiger partial charge in [0.2, 0.25) is 0 Å². The van der Waals surface area contributed by atoms with Crippen LogP contribution in [0.2, 0.25) is 0 Å². The lowest BCUT2D eigenvalue weighted by Crippen LogP contribution is -2.24. The highest BCUT2D eigenvalue weighted by atomic mass is 32.1. The highest BCUT2D eigenvalue weighted by molar-refractivity contribution is 7.10. The van der Waals surface area contributed by atoms with Crippen LogP contribution >= 0.6 is 11.3 Å². The molecule has 0 saturated heterocycles. The first-order chi connectivity index (χ1) is 13.5. The quantitative estimate of drug-likeness (QED) is 0.481. The third-order valence-corrected chi connectivity index (χ3v) is 6.18. The normalized spacial score (nSPS) is 12.6. The second-order valence-corrected chi connectivity index (χ2v) is 8.26. The van der Waals surface area contributed by atoms with Gasteiger partial charge in [-0.1, -0.05) is 30.3 Å². The summed E-state index contributed by atoms with van der Waals surface area (Å²) in [6, 6.07) is 12.8. The van der Waals surface area contributed by atoms with E-state index in [0.29, 0.717) is 0 Å². The molecule has 3 aromatic heterocycles. The third-order valence-electron chi connectivity index (χ3n) is 5.06. The molecule has 144 valence electrons. The highest BCUT2D eigenvalue weighted by Crippen LogP contribution is 2.34. The minimum atomic E-state index is 0.285. The van der Waals surface area contributed by atoms with Crippen LogP contribution in [-0.4, -0.2) is 38.3 Å². The molecule has 4 rings (SSSR count). The van der Waals surface area contributed by atoms with E-state index in [0.717, 1.165) is 29.1 Å². The van der Waals surface area contributed by atoms with Gasteiger partial charge in [0.05, 0.1) is 30.0 Å². The molecule has 3 heterocycles. The zero-order valence-electron chi connectivity index (χ0n) is 16.7. The SMILES string of the molecule is Cc1ccsc1[C@@H](Cn1cnc(-c2ccccc2)c1-c1cnn(C)c1)N(C)C. The Morgan fingerprint density at radius 2 is 1.89 bits per heavy atom. The van der Waals surface area contributed by atoms with E-state index < -0.39 is 0 Å². The average molecular weight is 392 g/mol. The highest BCUT2D eigenvalue weighted by Gasteiger charge is 2.22. The number of likely N-dealkylation sites (N-methyl/N-ethyl adjacent to an activating group) is 1. The number of hydrogen-bond donors (Lipinski definition) is 0. The lowest BCUT2D eigenvalue weighted by molar-refractivity contribution is 0.273. The molecule has 0 N–H and O–H groups in total. The van der Waals surface area contributed by atoms with Gasteiger partial charge >= 0.3 is 0 Å². The van der Waals surface area contributed by atoms with Crippen molar-refractivity contribution in [1.29, 1.82) is 0 Å². The van der Waals surface area contributed by atoms with Gasteiger partial charge in [0, 0.05) is 35.8 Å². The van der Waals surface area contributed by atoms with E-state index in [9.17, 15) is 0 Å².